The smallest absolute Gasteiger partial charge is 0.309 e. The van der Waals surface area contributed by atoms with Crippen LogP contribution >= 0.6 is 0 Å². The SMILES string of the molecule is C=CCc1cc(C(=O)N(C)CC(=O)N2CCC(C(=O)OCC)CC2)cc(OC)c1OC. The monoisotopic (exact) mass is 432 g/mol. The van der Waals surface area contributed by atoms with Gasteiger partial charge in [0.2, 0.25) is 5.91 Å². The molecule has 0 saturated carbocycles. The highest BCUT2D eigenvalue weighted by atomic mass is 16.5. The van der Waals surface area contributed by atoms with E-state index in [2.05, 4.69) is 6.58 Å². The highest BCUT2D eigenvalue weighted by Gasteiger charge is 2.29. The van der Waals surface area contributed by atoms with Crippen molar-refractivity contribution >= 4 is 17.8 Å². The number of carbonyl (C=O) groups excluding carboxylic acids is 3. The summed E-state index contributed by atoms with van der Waals surface area (Å²) in [5.41, 5.74) is 1.19. The first-order valence-corrected chi connectivity index (χ1v) is 10.4. The third-order valence-corrected chi connectivity index (χ3v) is 5.35. The third kappa shape index (κ3) is 5.99. The van der Waals surface area contributed by atoms with Crippen molar-refractivity contribution in [1.29, 1.82) is 0 Å². The summed E-state index contributed by atoms with van der Waals surface area (Å²) in [7, 11) is 4.65. The largest absolute Gasteiger partial charge is 0.493 e. The van der Waals surface area contributed by atoms with Crippen LogP contribution in [0.5, 0.6) is 11.5 Å². The summed E-state index contributed by atoms with van der Waals surface area (Å²) in [5.74, 6) is 0.197. The minimum atomic E-state index is -0.291. The molecule has 31 heavy (non-hydrogen) atoms. The van der Waals surface area contributed by atoms with Gasteiger partial charge in [-0.15, -0.1) is 6.58 Å². The zero-order valence-electron chi connectivity index (χ0n) is 18.8. The molecule has 1 heterocycles. The van der Waals surface area contributed by atoms with Crippen LogP contribution in [0.1, 0.15) is 35.7 Å². The Bertz CT molecular complexity index is 815. The lowest BCUT2D eigenvalue weighted by Crippen LogP contribution is -2.45. The Morgan fingerprint density at radius 1 is 1.19 bits per heavy atom. The number of benzene rings is 1. The summed E-state index contributed by atoms with van der Waals surface area (Å²) < 4.78 is 15.8. The Balaban J connectivity index is 2.04. The van der Waals surface area contributed by atoms with Crippen LogP contribution in [-0.2, 0) is 20.7 Å². The molecule has 1 fully saturated rings. The van der Waals surface area contributed by atoms with E-state index in [4.69, 9.17) is 14.2 Å². The molecule has 8 nitrogen and oxygen atoms in total. The molecule has 0 radical (unpaired) electrons. The van der Waals surface area contributed by atoms with E-state index in [1.54, 1.807) is 44.2 Å². The van der Waals surface area contributed by atoms with Crippen molar-refractivity contribution in [3.63, 3.8) is 0 Å². The fraction of sp³-hybridized carbons (Fsp3) is 0.522. The molecule has 0 atom stereocenters. The van der Waals surface area contributed by atoms with Crippen molar-refractivity contribution < 1.29 is 28.6 Å². The molecule has 1 aliphatic rings. The minimum Gasteiger partial charge on any atom is -0.493 e. The van der Waals surface area contributed by atoms with Gasteiger partial charge in [-0.2, -0.15) is 0 Å². The van der Waals surface area contributed by atoms with Gasteiger partial charge in [0, 0.05) is 31.3 Å². The summed E-state index contributed by atoms with van der Waals surface area (Å²) in [6, 6.07) is 3.34. The van der Waals surface area contributed by atoms with Gasteiger partial charge >= 0.3 is 5.97 Å². The van der Waals surface area contributed by atoms with Gasteiger partial charge in [-0.3, -0.25) is 14.4 Å². The van der Waals surface area contributed by atoms with Crippen LogP contribution in [0.4, 0.5) is 0 Å². The maximum Gasteiger partial charge on any atom is 0.309 e. The Kier molecular flexibility index (Phi) is 8.90. The number of piperidine rings is 1. The van der Waals surface area contributed by atoms with Crippen molar-refractivity contribution in [3.8, 4) is 11.5 Å². The number of esters is 1. The molecule has 1 aromatic rings. The second-order valence-electron chi connectivity index (χ2n) is 7.43. The van der Waals surface area contributed by atoms with E-state index in [0.29, 0.717) is 56.0 Å². The lowest BCUT2D eigenvalue weighted by atomic mass is 9.97. The zero-order valence-corrected chi connectivity index (χ0v) is 18.8. The highest BCUT2D eigenvalue weighted by Crippen LogP contribution is 2.33. The number of likely N-dealkylation sites (N-methyl/N-ethyl adjacent to an activating group) is 1. The molecule has 0 aromatic heterocycles. The molecular formula is C23H32N2O6. The maximum atomic E-state index is 13.0. The van der Waals surface area contributed by atoms with Crippen molar-refractivity contribution in [2.75, 3.05) is 47.5 Å². The predicted molar refractivity (Wildman–Crippen MR) is 116 cm³/mol. The van der Waals surface area contributed by atoms with E-state index in [0.717, 1.165) is 5.56 Å². The molecule has 1 aliphatic heterocycles. The van der Waals surface area contributed by atoms with Crippen molar-refractivity contribution in [1.82, 2.24) is 9.80 Å². The van der Waals surface area contributed by atoms with Crippen molar-refractivity contribution in [3.05, 3.63) is 35.9 Å². The Morgan fingerprint density at radius 3 is 2.42 bits per heavy atom. The van der Waals surface area contributed by atoms with E-state index in [9.17, 15) is 14.4 Å². The van der Waals surface area contributed by atoms with Gasteiger partial charge in [-0.1, -0.05) is 6.08 Å². The molecule has 0 spiro atoms. The standard InChI is InChI=1S/C23H32N2O6/c1-6-8-17-13-18(14-19(29-4)21(17)30-5)22(27)24(3)15-20(26)25-11-9-16(10-12-25)23(28)31-7-2/h6,13-14,16H,1,7-12,15H2,2-5H3. The van der Waals surface area contributed by atoms with Crippen LogP contribution in [0, 0.1) is 5.92 Å². The highest BCUT2D eigenvalue weighted by molar-refractivity contribution is 5.97. The van der Waals surface area contributed by atoms with Crippen molar-refractivity contribution in [2.24, 2.45) is 5.92 Å². The van der Waals surface area contributed by atoms with Gasteiger partial charge in [0.25, 0.3) is 5.91 Å². The Hall–Kier alpha value is -3.03. The molecule has 8 heteroatoms. The molecule has 0 aliphatic carbocycles. The topological polar surface area (TPSA) is 85.4 Å². The third-order valence-electron chi connectivity index (χ3n) is 5.35. The number of likely N-dealkylation sites (tertiary alicyclic amines) is 1. The number of nitrogens with zero attached hydrogens (tertiary/aromatic N) is 2. The molecule has 2 rings (SSSR count). The van der Waals surface area contributed by atoms with E-state index in [1.807, 2.05) is 0 Å². The number of carbonyl (C=O) groups is 3. The average Bonchev–Trinajstić information content (AvgIpc) is 2.78. The van der Waals surface area contributed by atoms with Crippen LogP contribution in [0.3, 0.4) is 0 Å². The second-order valence-corrected chi connectivity index (χ2v) is 7.43. The first-order chi connectivity index (χ1) is 14.9. The van der Waals surface area contributed by atoms with E-state index in [-0.39, 0.29) is 30.2 Å². The normalized spacial score (nSPS) is 14.0. The van der Waals surface area contributed by atoms with Crippen LogP contribution in [0.25, 0.3) is 0 Å². The minimum absolute atomic E-state index is 0.0476. The fourth-order valence-corrected chi connectivity index (χ4v) is 3.69. The zero-order chi connectivity index (χ0) is 23.0. The number of hydrogen-bond donors (Lipinski definition) is 0. The molecule has 0 unspecified atom stereocenters. The van der Waals surface area contributed by atoms with Crippen molar-refractivity contribution in [2.45, 2.75) is 26.2 Å². The molecular weight excluding hydrogens is 400 g/mol. The van der Waals surface area contributed by atoms with Crippen LogP contribution in [-0.4, -0.2) is 75.1 Å². The number of hydrogen-bond acceptors (Lipinski definition) is 6. The molecule has 0 N–H and O–H groups in total. The first kappa shape index (κ1) is 24.2. The number of allylic oxidation sites excluding steroid dienone is 1. The predicted octanol–water partition coefficient (Wildman–Crippen LogP) is 2.31. The lowest BCUT2D eigenvalue weighted by Gasteiger charge is -2.32. The van der Waals surface area contributed by atoms with Crippen LogP contribution in [0.2, 0.25) is 0 Å². The van der Waals surface area contributed by atoms with E-state index >= 15 is 0 Å². The van der Waals surface area contributed by atoms with Gasteiger partial charge in [-0.25, -0.2) is 0 Å². The van der Waals surface area contributed by atoms with E-state index in [1.165, 1.54) is 12.0 Å². The number of amides is 2. The van der Waals surface area contributed by atoms with Crippen LogP contribution < -0.4 is 9.47 Å². The molecule has 1 aromatic carbocycles. The fourth-order valence-electron chi connectivity index (χ4n) is 3.69. The summed E-state index contributed by atoms with van der Waals surface area (Å²) >= 11 is 0. The van der Waals surface area contributed by atoms with Gasteiger partial charge < -0.3 is 24.0 Å². The van der Waals surface area contributed by atoms with Gasteiger partial charge in [-0.05, 0) is 38.3 Å². The van der Waals surface area contributed by atoms with E-state index < -0.39 is 0 Å². The quantitative estimate of drug-likeness (QED) is 0.440. The van der Waals surface area contributed by atoms with Gasteiger partial charge in [0.15, 0.2) is 11.5 Å². The van der Waals surface area contributed by atoms with Crippen LogP contribution in [0.15, 0.2) is 24.8 Å². The maximum absolute atomic E-state index is 13.0. The van der Waals surface area contributed by atoms with Gasteiger partial charge in [0.1, 0.15) is 0 Å². The summed E-state index contributed by atoms with van der Waals surface area (Å²) in [4.78, 5) is 40.6. The first-order valence-electron chi connectivity index (χ1n) is 10.4. The Labute approximate surface area is 183 Å². The summed E-state index contributed by atoms with van der Waals surface area (Å²) in [6.07, 6.45) is 3.38. The summed E-state index contributed by atoms with van der Waals surface area (Å²) in [6.45, 7) is 6.78. The Morgan fingerprint density at radius 2 is 1.87 bits per heavy atom. The number of rotatable bonds is 9. The molecule has 1 saturated heterocycles. The van der Waals surface area contributed by atoms with Gasteiger partial charge in [0.05, 0.1) is 33.3 Å². The number of methoxy groups -OCH3 is 2. The molecule has 0 bridgehead atoms. The lowest BCUT2D eigenvalue weighted by molar-refractivity contribution is -0.151. The average molecular weight is 433 g/mol. The second kappa shape index (κ2) is 11.4. The number of ether oxygens (including phenoxy) is 3. The molecule has 170 valence electrons. The molecule has 2 amide bonds. The summed E-state index contributed by atoms with van der Waals surface area (Å²) in [5, 5.41) is 0.